The Hall–Kier alpha value is -1.22. The topological polar surface area (TPSA) is 47.6 Å². The molecule has 154 valence electrons. The molecular formula is C18H21BCl2F3NO3. The Kier molecular flexibility index (Phi) is 6.51. The molecule has 4 nitrogen and oxygen atoms in total. The molecule has 0 bridgehead atoms. The maximum Gasteiger partial charge on any atom is 0.492 e. The van der Waals surface area contributed by atoms with Gasteiger partial charge in [-0.2, -0.15) is 13.2 Å². The standard InChI is InChI=1S/C18H21BCl2F3NO3/c1-10(26)25-9-12(19-27-16(2,3)17(4,5)28-19)8-13-14(20)6-11(7-15(13)21)18(22,23)24/h6-8H,9H2,1-5H3,(H,25,26). The van der Waals surface area contributed by atoms with Crippen LogP contribution in [0.2, 0.25) is 10.0 Å². The first-order valence-corrected chi connectivity index (χ1v) is 9.26. The zero-order valence-corrected chi connectivity index (χ0v) is 17.6. The van der Waals surface area contributed by atoms with Gasteiger partial charge in [-0.3, -0.25) is 4.79 Å². The molecular weight excluding hydrogens is 417 g/mol. The van der Waals surface area contributed by atoms with E-state index >= 15 is 0 Å². The molecule has 1 saturated heterocycles. The average Bonchev–Trinajstić information content (AvgIpc) is 2.72. The third kappa shape index (κ3) is 5.03. The van der Waals surface area contributed by atoms with Gasteiger partial charge in [0.2, 0.25) is 5.91 Å². The third-order valence-corrected chi connectivity index (χ3v) is 5.46. The quantitative estimate of drug-likeness (QED) is 0.661. The highest BCUT2D eigenvalue weighted by molar-refractivity contribution is 6.56. The van der Waals surface area contributed by atoms with Crippen LogP contribution in [0.25, 0.3) is 6.08 Å². The second-order valence-corrected chi connectivity index (χ2v) is 8.38. The van der Waals surface area contributed by atoms with Crippen LogP contribution in [0.4, 0.5) is 13.2 Å². The van der Waals surface area contributed by atoms with Crippen molar-refractivity contribution in [1.29, 1.82) is 0 Å². The summed E-state index contributed by atoms with van der Waals surface area (Å²) in [5, 5.41) is 2.30. The van der Waals surface area contributed by atoms with E-state index in [-0.39, 0.29) is 28.1 Å². The van der Waals surface area contributed by atoms with E-state index in [0.29, 0.717) is 5.47 Å². The highest BCUT2D eigenvalue weighted by Gasteiger charge is 2.52. The predicted octanol–water partition coefficient (Wildman–Crippen LogP) is 5.16. The molecule has 1 N–H and O–H groups in total. The fourth-order valence-corrected chi connectivity index (χ4v) is 3.09. The van der Waals surface area contributed by atoms with Gasteiger partial charge in [0.05, 0.1) is 16.8 Å². The second-order valence-electron chi connectivity index (χ2n) is 7.57. The molecule has 0 saturated carbocycles. The van der Waals surface area contributed by atoms with Crippen LogP contribution in [0.15, 0.2) is 17.6 Å². The normalized spacial score (nSPS) is 19.1. The van der Waals surface area contributed by atoms with Gasteiger partial charge in [-0.1, -0.05) is 29.3 Å². The van der Waals surface area contributed by atoms with Crippen LogP contribution in [-0.4, -0.2) is 30.8 Å². The van der Waals surface area contributed by atoms with E-state index in [2.05, 4.69) is 5.32 Å². The van der Waals surface area contributed by atoms with E-state index in [0.717, 1.165) is 12.1 Å². The van der Waals surface area contributed by atoms with Crippen LogP contribution in [0, 0.1) is 0 Å². The second kappa shape index (κ2) is 7.90. The zero-order chi connectivity index (χ0) is 21.5. The Morgan fingerprint density at radius 1 is 1.14 bits per heavy atom. The molecule has 28 heavy (non-hydrogen) atoms. The Morgan fingerprint density at radius 2 is 1.61 bits per heavy atom. The number of halogens is 5. The van der Waals surface area contributed by atoms with Crippen LogP contribution in [0.1, 0.15) is 45.7 Å². The Bertz CT molecular complexity index is 771. The number of benzene rings is 1. The van der Waals surface area contributed by atoms with E-state index in [4.69, 9.17) is 32.5 Å². The van der Waals surface area contributed by atoms with Crippen molar-refractivity contribution in [2.75, 3.05) is 6.54 Å². The molecule has 1 aromatic carbocycles. The Morgan fingerprint density at radius 3 is 2.00 bits per heavy atom. The zero-order valence-electron chi connectivity index (χ0n) is 16.1. The minimum atomic E-state index is -4.57. The minimum Gasteiger partial charge on any atom is -0.400 e. The van der Waals surface area contributed by atoms with E-state index in [1.807, 2.05) is 27.7 Å². The monoisotopic (exact) mass is 437 g/mol. The smallest absolute Gasteiger partial charge is 0.400 e. The van der Waals surface area contributed by atoms with Crippen molar-refractivity contribution in [2.24, 2.45) is 0 Å². The molecule has 0 atom stereocenters. The summed E-state index contributed by atoms with van der Waals surface area (Å²) >= 11 is 12.1. The van der Waals surface area contributed by atoms with Gasteiger partial charge in [-0.25, -0.2) is 0 Å². The fraction of sp³-hybridized carbons (Fsp3) is 0.500. The summed E-state index contributed by atoms with van der Waals surface area (Å²) < 4.78 is 50.8. The summed E-state index contributed by atoms with van der Waals surface area (Å²) in [7, 11) is -0.828. The number of amides is 1. The summed E-state index contributed by atoms with van der Waals surface area (Å²) in [6.07, 6.45) is -3.08. The third-order valence-electron chi connectivity index (χ3n) is 4.83. The summed E-state index contributed by atoms with van der Waals surface area (Å²) in [6, 6.07) is 1.61. The van der Waals surface area contributed by atoms with Crippen LogP contribution < -0.4 is 5.32 Å². The lowest BCUT2D eigenvalue weighted by molar-refractivity contribution is -0.137. The molecule has 1 aliphatic heterocycles. The molecule has 10 heteroatoms. The highest BCUT2D eigenvalue weighted by atomic mass is 35.5. The van der Waals surface area contributed by atoms with E-state index in [9.17, 15) is 18.0 Å². The van der Waals surface area contributed by atoms with Gasteiger partial charge in [0.1, 0.15) is 0 Å². The molecule has 1 amide bonds. The van der Waals surface area contributed by atoms with Gasteiger partial charge in [0, 0.05) is 29.1 Å². The van der Waals surface area contributed by atoms with Crippen molar-refractivity contribution in [2.45, 2.75) is 52.0 Å². The summed E-state index contributed by atoms with van der Waals surface area (Å²) in [4.78, 5) is 11.4. The number of alkyl halides is 3. The predicted molar refractivity (Wildman–Crippen MR) is 104 cm³/mol. The Labute approximate surface area is 172 Å². The lowest BCUT2D eigenvalue weighted by atomic mass is 9.77. The van der Waals surface area contributed by atoms with Crippen LogP contribution in [0.5, 0.6) is 0 Å². The molecule has 1 aromatic rings. The van der Waals surface area contributed by atoms with Crippen molar-refractivity contribution in [3.05, 3.63) is 38.8 Å². The van der Waals surface area contributed by atoms with Crippen LogP contribution in [0.3, 0.4) is 0 Å². The van der Waals surface area contributed by atoms with Crippen LogP contribution in [-0.2, 0) is 20.3 Å². The maximum atomic E-state index is 12.9. The average molecular weight is 438 g/mol. The molecule has 0 radical (unpaired) electrons. The van der Waals surface area contributed by atoms with Gasteiger partial charge in [-0.15, -0.1) is 0 Å². The highest BCUT2D eigenvalue weighted by Crippen LogP contribution is 2.40. The number of carbonyl (C=O) groups excluding carboxylic acids is 1. The summed E-state index contributed by atoms with van der Waals surface area (Å²) in [5.41, 5.74) is -1.57. The number of nitrogens with one attached hydrogen (secondary N) is 1. The van der Waals surface area contributed by atoms with Gasteiger partial charge >= 0.3 is 13.3 Å². The number of rotatable bonds is 4. The summed E-state index contributed by atoms with van der Waals surface area (Å²) in [6.45, 7) is 8.85. The first-order valence-electron chi connectivity index (χ1n) is 8.51. The lowest BCUT2D eigenvalue weighted by Gasteiger charge is -2.32. The minimum absolute atomic E-state index is 0.0554. The number of carbonyl (C=O) groups is 1. The molecule has 0 spiro atoms. The lowest BCUT2D eigenvalue weighted by Crippen LogP contribution is -2.41. The van der Waals surface area contributed by atoms with Crippen molar-refractivity contribution < 1.29 is 27.3 Å². The first kappa shape index (κ1) is 23.1. The number of hydrogen-bond acceptors (Lipinski definition) is 3. The van der Waals surface area contributed by atoms with E-state index < -0.39 is 30.1 Å². The molecule has 0 aliphatic carbocycles. The van der Waals surface area contributed by atoms with Gasteiger partial charge in [0.25, 0.3) is 0 Å². The van der Waals surface area contributed by atoms with E-state index in [1.165, 1.54) is 13.0 Å². The van der Waals surface area contributed by atoms with Crippen molar-refractivity contribution in [3.8, 4) is 0 Å². The molecule has 1 fully saturated rings. The largest absolute Gasteiger partial charge is 0.492 e. The SMILES string of the molecule is CC(=O)NCC(=Cc1c(Cl)cc(C(F)(F)F)cc1Cl)B1OC(C)(C)C(C)(C)O1. The van der Waals surface area contributed by atoms with E-state index in [1.54, 1.807) is 0 Å². The molecule has 2 rings (SSSR count). The summed E-state index contributed by atoms with van der Waals surface area (Å²) in [5.74, 6) is -0.285. The van der Waals surface area contributed by atoms with Gasteiger partial charge < -0.3 is 14.6 Å². The van der Waals surface area contributed by atoms with Gasteiger partial charge in [-0.05, 0) is 45.3 Å². The fourth-order valence-electron chi connectivity index (χ4n) is 2.49. The van der Waals surface area contributed by atoms with Crippen molar-refractivity contribution >= 4 is 42.3 Å². The molecule has 0 aromatic heterocycles. The van der Waals surface area contributed by atoms with Gasteiger partial charge in [0.15, 0.2) is 0 Å². The molecule has 1 heterocycles. The molecule has 0 unspecified atom stereocenters. The maximum absolute atomic E-state index is 12.9. The van der Waals surface area contributed by atoms with Crippen LogP contribution >= 0.6 is 23.2 Å². The first-order chi connectivity index (χ1) is 12.6. The molecule has 1 aliphatic rings. The van der Waals surface area contributed by atoms with Crippen molar-refractivity contribution in [1.82, 2.24) is 5.32 Å². The Balaban J connectivity index is 2.47. The number of hydrogen-bond donors (Lipinski definition) is 1. The van der Waals surface area contributed by atoms with Crippen molar-refractivity contribution in [3.63, 3.8) is 0 Å².